The van der Waals surface area contributed by atoms with Crippen molar-refractivity contribution in [1.82, 2.24) is 4.98 Å². The number of aryl methyl sites for hydroxylation is 2. The zero-order valence-corrected chi connectivity index (χ0v) is 13.6. The van der Waals surface area contributed by atoms with Crippen LogP contribution >= 0.6 is 0 Å². The predicted molar refractivity (Wildman–Crippen MR) is 86.9 cm³/mol. The summed E-state index contributed by atoms with van der Waals surface area (Å²) in [6.07, 6.45) is 0. The number of ether oxygens (including phenoxy) is 2. The molecule has 0 fully saturated rings. The minimum absolute atomic E-state index is 0.0565. The van der Waals surface area contributed by atoms with E-state index in [1.54, 1.807) is 18.2 Å². The molecule has 6 heteroatoms. The van der Waals surface area contributed by atoms with Gasteiger partial charge >= 0.3 is 11.9 Å². The maximum Gasteiger partial charge on any atom is 0.373 e. The second-order valence-corrected chi connectivity index (χ2v) is 5.47. The molecule has 24 heavy (non-hydrogen) atoms. The van der Waals surface area contributed by atoms with E-state index in [-0.39, 0.29) is 12.4 Å². The molecule has 0 spiro atoms. The van der Waals surface area contributed by atoms with Crippen LogP contribution in [0.25, 0.3) is 10.9 Å². The van der Waals surface area contributed by atoms with Gasteiger partial charge in [0.05, 0.1) is 12.7 Å². The third-order valence-corrected chi connectivity index (χ3v) is 3.94. The third kappa shape index (κ3) is 2.90. The Morgan fingerprint density at radius 3 is 2.67 bits per heavy atom. The third-order valence-electron chi connectivity index (χ3n) is 3.94. The van der Waals surface area contributed by atoms with Gasteiger partial charge in [-0.15, -0.1) is 0 Å². The van der Waals surface area contributed by atoms with E-state index in [1.807, 2.05) is 19.9 Å². The lowest BCUT2D eigenvalue weighted by atomic mass is 10.1. The molecule has 0 saturated heterocycles. The lowest BCUT2D eigenvalue weighted by Gasteiger charge is -2.03. The largest absolute Gasteiger partial charge is 0.463 e. The first-order valence-corrected chi connectivity index (χ1v) is 7.42. The van der Waals surface area contributed by atoms with Crippen LogP contribution in [0.1, 0.15) is 37.9 Å². The van der Waals surface area contributed by atoms with Crippen molar-refractivity contribution in [3.63, 3.8) is 0 Å². The number of hydrogen-bond donors (Lipinski definition) is 1. The molecule has 0 atom stereocenters. The van der Waals surface area contributed by atoms with Crippen LogP contribution in [0.5, 0.6) is 0 Å². The van der Waals surface area contributed by atoms with E-state index in [2.05, 4.69) is 9.72 Å². The molecule has 0 amide bonds. The maximum atomic E-state index is 12.2. The summed E-state index contributed by atoms with van der Waals surface area (Å²) >= 11 is 0. The Labute approximate surface area is 138 Å². The second kappa shape index (κ2) is 6.23. The van der Waals surface area contributed by atoms with Gasteiger partial charge in [-0.25, -0.2) is 9.59 Å². The van der Waals surface area contributed by atoms with Gasteiger partial charge in [-0.05, 0) is 49.7 Å². The molecule has 2 aromatic heterocycles. The van der Waals surface area contributed by atoms with Crippen molar-refractivity contribution < 1.29 is 23.5 Å². The summed E-state index contributed by atoms with van der Waals surface area (Å²) < 4.78 is 15.1. The molecule has 3 aromatic rings. The molecule has 0 aliphatic heterocycles. The summed E-state index contributed by atoms with van der Waals surface area (Å²) in [6.45, 7) is 3.93. The first-order valence-electron chi connectivity index (χ1n) is 7.42. The molecule has 1 aromatic carbocycles. The van der Waals surface area contributed by atoms with E-state index >= 15 is 0 Å². The number of carbonyl (C=O) groups excluding carboxylic acids is 2. The summed E-state index contributed by atoms with van der Waals surface area (Å²) in [5.41, 5.74) is 3.62. The van der Waals surface area contributed by atoms with Gasteiger partial charge in [0.2, 0.25) is 5.76 Å². The Morgan fingerprint density at radius 1 is 1.12 bits per heavy atom. The van der Waals surface area contributed by atoms with Crippen molar-refractivity contribution in [3.8, 4) is 0 Å². The summed E-state index contributed by atoms with van der Waals surface area (Å²) in [6, 6.07) is 8.42. The van der Waals surface area contributed by atoms with Gasteiger partial charge in [0, 0.05) is 16.6 Å². The molecule has 0 unspecified atom stereocenters. The average Bonchev–Trinajstić information content (AvgIpc) is 3.17. The van der Waals surface area contributed by atoms with Crippen LogP contribution < -0.4 is 0 Å². The second-order valence-electron chi connectivity index (χ2n) is 5.47. The number of benzene rings is 1. The molecule has 6 nitrogen and oxygen atoms in total. The molecule has 3 rings (SSSR count). The smallest absolute Gasteiger partial charge is 0.373 e. The molecule has 124 valence electrons. The Bertz CT molecular complexity index is 919. The molecular weight excluding hydrogens is 310 g/mol. The summed E-state index contributed by atoms with van der Waals surface area (Å²) in [5, 5.41) is 0.993. The lowest BCUT2D eigenvalue weighted by molar-refractivity contribution is 0.0438. The van der Waals surface area contributed by atoms with Gasteiger partial charge in [0.25, 0.3) is 0 Å². The van der Waals surface area contributed by atoms with Crippen molar-refractivity contribution in [2.45, 2.75) is 20.5 Å². The first kappa shape index (κ1) is 15.9. The number of methoxy groups -OCH3 is 1. The maximum absolute atomic E-state index is 12.2. The van der Waals surface area contributed by atoms with Crippen molar-refractivity contribution in [1.29, 1.82) is 0 Å². The Balaban J connectivity index is 1.72. The van der Waals surface area contributed by atoms with E-state index in [0.29, 0.717) is 11.3 Å². The number of furan rings is 1. The number of esters is 2. The van der Waals surface area contributed by atoms with Gasteiger partial charge < -0.3 is 18.9 Å². The molecule has 2 heterocycles. The topological polar surface area (TPSA) is 81.5 Å². The highest BCUT2D eigenvalue weighted by molar-refractivity contribution is 5.96. The van der Waals surface area contributed by atoms with Crippen LogP contribution in [0.3, 0.4) is 0 Å². The fourth-order valence-corrected chi connectivity index (χ4v) is 2.47. The Kier molecular flexibility index (Phi) is 4.12. The van der Waals surface area contributed by atoms with E-state index in [4.69, 9.17) is 9.15 Å². The standard InChI is InChI=1S/C18H17NO5/c1-10-11(2)19-15-6-4-12(8-14(10)15)17(20)23-9-13-5-7-16(24-13)18(21)22-3/h4-8,19H,9H2,1-3H3. The van der Waals surface area contributed by atoms with Crippen LogP contribution in [0.4, 0.5) is 0 Å². The molecule has 0 radical (unpaired) electrons. The monoisotopic (exact) mass is 327 g/mol. The van der Waals surface area contributed by atoms with E-state index in [0.717, 1.165) is 22.2 Å². The molecule has 0 saturated carbocycles. The SMILES string of the molecule is COC(=O)c1ccc(COC(=O)c2ccc3[nH]c(C)c(C)c3c2)o1. The molecular formula is C18H17NO5. The highest BCUT2D eigenvalue weighted by Gasteiger charge is 2.14. The van der Waals surface area contributed by atoms with Crippen LogP contribution in [-0.2, 0) is 16.1 Å². The quantitative estimate of drug-likeness (QED) is 0.741. The summed E-state index contributed by atoms with van der Waals surface area (Å²) in [7, 11) is 1.27. The normalized spacial score (nSPS) is 10.8. The number of hydrogen-bond acceptors (Lipinski definition) is 5. The van der Waals surface area contributed by atoms with Crippen molar-refractivity contribution >= 4 is 22.8 Å². The van der Waals surface area contributed by atoms with Gasteiger partial charge in [-0.3, -0.25) is 0 Å². The van der Waals surface area contributed by atoms with Gasteiger partial charge in [0.1, 0.15) is 12.4 Å². The molecule has 0 aliphatic rings. The number of fused-ring (bicyclic) bond motifs is 1. The zero-order chi connectivity index (χ0) is 17.3. The molecule has 0 aliphatic carbocycles. The summed E-state index contributed by atoms with van der Waals surface area (Å²) in [4.78, 5) is 26.8. The number of carbonyl (C=O) groups is 2. The van der Waals surface area contributed by atoms with E-state index in [1.165, 1.54) is 13.2 Å². The Morgan fingerprint density at radius 2 is 1.92 bits per heavy atom. The highest BCUT2D eigenvalue weighted by atomic mass is 16.5. The summed E-state index contributed by atoms with van der Waals surface area (Å²) in [5.74, 6) is -0.579. The average molecular weight is 327 g/mol. The highest BCUT2D eigenvalue weighted by Crippen LogP contribution is 2.23. The number of aromatic amines is 1. The minimum Gasteiger partial charge on any atom is -0.463 e. The number of H-pyrrole nitrogens is 1. The fourth-order valence-electron chi connectivity index (χ4n) is 2.47. The molecule has 0 bridgehead atoms. The minimum atomic E-state index is -0.573. The van der Waals surface area contributed by atoms with Crippen LogP contribution in [-0.4, -0.2) is 24.0 Å². The first-order chi connectivity index (χ1) is 11.5. The number of rotatable bonds is 4. The van der Waals surface area contributed by atoms with Crippen LogP contribution in [0.2, 0.25) is 0 Å². The van der Waals surface area contributed by atoms with Crippen LogP contribution in [0, 0.1) is 13.8 Å². The Hall–Kier alpha value is -3.02. The molecule has 1 N–H and O–H groups in total. The van der Waals surface area contributed by atoms with E-state index < -0.39 is 11.9 Å². The van der Waals surface area contributed by atoms with Crippen molar-refractivity contribution in [3.05, 3.63) is 58.7 Å². The van der Waals surface area contributed by atoms with Crippen molar-refractivity contribution in [2.75, 3.05) is 7.11 Å². The van der Waals surface area contributed by atoms with Crippen molar-refractivity contribution in [2.24, 2.45) is 0 Å². The fraction of sp³-hybridized carbons (Fsp3) is 0.222. The number of aromatic nitrogens is 1. The number of nitrogens with one attached hydrogen (secondary N) is 1. The van der Waals surface area contributed by atoms with Gasteiger partial charge in [0.15, 0.2) is 0 Å². The van der Waals surface area contributed by atoms with Gasteiger partial charge in [-0.1, -0.05) is 0 Å². The predicted octanol–water partition coefficient (Wildman–Crippen LogP) is 3.52. The lowest BCUT2D eigenvalue weighted by Crippen LogP contribution is -2.05. The van der Waals surface area contributed by atoms with Gasteiger partial charge in [-0.2, -0.15) is 0 Å². The van der Waals surface area contributed by atoms with E-state index in [9.17, 15) is 9.59 Å². The van der Waals surface area contributed by atoms with Crippen LogP contribution in [0.15, 0.2) is 34.7 Å². The zero-order valence-electron chi connectivity index (χ0n) is 13.6.